The van der Waals surface area contributed by atoms with E-state index in [0.717, 1.165) is 19.8 Å². The van der Waals surface area contributed by atoms with Crippen molar-refractivity contribution in [3.05, 3.63) is 0 Å². The van der Waals surface area contributed by atoms with E-state index in [1.807, 2.05) is 13.8 Å². The van der Waals surface area contributed by atoms with Gasteiger partial charge in [-0.25, -0.2) is 0 Å². The Kier molecular flexibility index (Phi) is 3.12. The summed E-state index contributed by atoms with van der Waals surface area (Å²) in [4.78, 5) is 0. The lowest BCUT2D eigenvalue weighted by Crippen LogP contribution is -2.48. The number of hydrogen-bond acceptors (Lipinski definition) is 3. The van der Waals surface area contributed by atoms with E-state index in [-0.39, 0.29) is 12.3 Å². The Labute approximate surface area is 61.7 Å². The molecule has 0 bridgehead atoms. The lowest BCUT2D eigenvalue weighted by atomic mass is 10.3. The van der Waals surface area contributed by atoms with Crippen molar-refractivity contribution in [3.8, 4) is 0 Å². The van der Waals surface area contributed by atoms with E-state index >= 15 is 0 Å². The Morgan fingerprint density at radius 1 is 1.70 bits per heavy atom. The first kappa shape index (κ1) is 7.98. The second-order valence-corrected chi connectivity index (χ2v) is 2.41. The summed E-state index contributed by atoms with van der Waals surface area (Å²) in [5.41, 5.74) is 0. The first-order valence-corrected chi connectivity index (χ1v) is 3.81. The third-order valence-corrected chi connectivity index (χ3v) is 1.60. The summed E-state index contributed by atoms with van der Waals surface area (Å²) in [6.45, 7) is 6.45. The molecular formula is C7H15NO2. The van der Waals surface area contributed by atoms with Crippen molar-refractivity contribution in [2.75, 3.05) is 19.8 Å². The van der Waals surface area contributed by atoms with E-state index in [0.29, 0.717) is 0 Å². The highest BCUT2D eigenvalue weighted by molar-refractivity contribution is 4.68. The molecule has 1 unspecified atom stereocenters. The third kappa shape index (κ3) is 1.94. The summed E-state index contributed by atoms with van der Waals surface area (Å²) in [5, 5.41) is 3.22. The summed E-state index contributed by atoms with van der Waals surface area (Å²) < 4.78 is 10.7. The molecule has 1 saturated heterocycles. The molecular weight excluding hydrogens is 130 g/mol. The van der Waals surface area contributed by atoms with Crippen molar-refractivity contribution in [2.45, 2.75) is 26.2 Å². The number of ether oxygens (including phenoxy) is 2. The van der Waals surface area contributed by atoms with Crippen molar-refractivity contribution in [1.29, 1.82) is 0 Å². The molecule has 1 N–H and O–H groups in total. The molecule has 0 saturated carbocycles. The summed E-state index contributed by atoms with van der Waals surface area (Å²) in [6.07, 6.45) is 0.285. The van der Waals surface area contributed by atoms with Crippen molar-refractivity contribution < 1.29 is 9.47 Å². The van der Waals surface area contributed by atoms with Gasteiger partial charge in [0.25, 0.3) is 0 Å². The van der Waals surface area contributed by atoms with Crippen LogP contribution in [0.5, 0.6) is 0 Å². The van der Waals surface area contributed by atoms with Crippen LogP contribution in [0, 0.1) is 0 Å². The van der Waals surface area contributed by atoms with Gasteiger partial charge in [0.05, 0.1) is 12.7 Å². The second kappa shape index (κ2) is 3.91. The van der Waals surface area contributed by atoms with Gasteiger partial charge in [0.1, 0.15) is 6.23 Å². The van der Waals surface area contributed by atoms with Gasteiger partial charge in [-0.15, -0.1) is 0 Å². The van der Waals surface area contributed by atoms with E-state index in [1.54, 1.807) is 0 Å². The fourth-order valence-corrected chi connectivity index (χ4v) is 1.07. The van der Waals surface area contributed by atoms with Crippen molar-refractivity contribution >= 4 is 0 Å². The van der Waals surface area contributed by atoms with Crippen LogP contribution in [0.2, 0.25) is 0 Å². The molecule has 3 nitrogen and oxygen atoms in total. The topological polar surface area (TPSA) is 30.5 Å². The van der Waals surface area contributed by atoms with Gasteiger partial charge < -0.3 is 9.47 Å². The normalized spacial score (nSPS) is 34.2. The molecule has 0 amide bonds. The monoisotopic (exact) mass is 145 g/mol. The molecule has 0 aromatic heterocycles. The average Bonchev–Trinajstić information content (AvgIpc) is 1.94. The van der Waals surface area contributed by atoms with E-state index in [1.165, 1.54) is 0 Å². The van der Waals surface area contributed by atoms with Gasteiger partial charge in [-0.3, -0.25) is 5.32 Å². The maximum atomic E-state index is 5.36. The van der Waals surface area contributed by atoms with Crippen molar-refractivity contribution in [1.82, 2.24) is 5.32 Å². The molecule has 1 rings (SSSR count). The first-order valence-electron chi connectivity index (χ1n) is 3.81. The zero-order valence-electron chi connectivity index (χ0n) is 6.59. The highest BCUT2D eigenvalue weighted by Gasteiger charge is 2.20. The second-order valence-electron chi connectivity index (χ2n) is 2.41. The molecule has 2 atom stereocenters. The Bertz CT molecular complexity index is 95.6. The predicted molar refractivity (Wildman–Crippen MR) is 38.8 cm³/mol. The van der Waals surface area contributed by atoms with Crippen LogP contribution in [0.3, 0.4) is 0 Å². The Balaban J connectivity index is 2.25. The molecule has 1 aliphatic rings. The standard InChI is InChI=1S/C7H15NO2/c1-3-9-7-6(2)10-5-4-8-7/h6-8H,3-5H2,1-2H3/t6?,7-/m0/s1. The molecule has 0 radical (unpaired) electrons. The predicted octanol–water partition coefficient (Wildman–Crippen LogP) is 0.357. The largest absolute Gasteiger partial charge is 0.373 e. The Morgan fingerprint density at radius 2 is 2.50 bits per heavy atom. The van der Waals surface area contributed by atoms with Crippen LogP contribution in [0.15, 0.2) is 0 Å². The van der Waals surface area contributed by atoms with Crippen molar-refractivity contribution in [2.24, 2.45) is 0 Å². The fourth-order valence-electron chi connectivity index (χ4n) is 1.07. The minimum Gasteiger partial charge on any atom is -0.373 e. The van der Waals surface area contributed by atoms with Crippen LogP contribution in [0.4, 0.5) is 0 Å². The maximum absolute atomic E-state index is 5.36. The first-order chi connectivity index (χ1) is 4.84. The SMILES string of the molecule is CCO[C@@H]1NCCOC1C. The zero-order valence-corrected chi connectivity index (χ0v) is 6.59. The maximum Gasteiger partial charge on any atom is 0.134 e. The highest BCUT2D eigenvalue weighted by atomic mass is 16.6. The summed E-state index contributed by atoms with van der Waals surface area (Å²) >= 11 is 0. The van der Waals surface area contributed by atoms with Crippen LogP contribution in [0.25, 0.3) is 0 Å². The molecule has 1 heterocycles. The van der Waals surface area contributed by atoms with E-state index in [9.17, 15) is 0 Å². The van der Waals surface area contributed by atoms with Gasteiger partial charge >= 0.3 is 0 Å². The van der Waals surface area contributed by atoms with Crippen molar-refractivity contribution in [3.63, 3.8) is 0 Å². The van der Waals surface area contributed by atoms with E-state index < -0.39 is 0 Å². The highest BCUT2D eigenvalue weighted by Crippen LogP contribution is 2.04. The number of nitrogens with one attached hydrogen (secondary N) is 1. The zero-order chi connectivity index (χ0) is 7.40. The van der Waals surface area contributed by atoms with Crippen LogP contribution in [-0.2, 0) is 9.47 Å². The van der Waals surface area contributed by atoms with Gasteiger partial charge in [0.2, 0.25) is 0 Å². The van der Waals surface area contributed by atoms with Crippen LogP contribution < -0.4 is 5.32 Å². The van der Waals surface area contributed by atoms with Gasteiger partial charge in [-0.05, 0) is 13.8 Å². The molecule has 0 aromatic rings. The third-order valence-electron chi connectivity index (χ3n) is 1.60. The van der Waals surface area contributed by atoms with Gasteiger partial charge in [-0.1, -0.05) is 0 Å². The molecule has 1 aliphatic heterocycles. The van der Waals surface area contributed by atoms with E-state index in [4.69, 9.17) is 9.47 Å². The molecule has 0 aromatic carbocycles. The minimum absolute atomic E-state index is 0.0961. The molecule has 1 fully saturated rings. The van der Waals surface area contributed by atoms with Crippen LogP contribution >= 0.6 is 0 Å². The molecule has 0 spiro atoms. The summed E-state index contributed by atoms with van der Waals surface area (Å²) in [7, 11) is 0. The number of morpholine rings is 1. The lowest BCUT2D eigenvalue weighted by molar-refractivity contribution is -0.104. The smallest absolute Gasteiger partial charge is 0.134 e. The minimum atomic E-state index is 0.0961. The molecule has 60 valence electrons. The fraction of sp³-hybridized carbons (Fsp3) is 1.00. The van der Waals surface area contributed by atoms with Crippen LogP contribution in [-0.4, -0.2) is 32.1 Å². The van der Waals surface area contributed by atoms with E-state index in [2.05, 4.69) is 5.32 Å². The number of hydrogen-bond donors (Lipinski definition) is 1. The number of rotatable bonds is 2. The molecule has 0 aliphatic carbocycles. The van der Waals surface area contributed by atoms with Gasteiger partial charge in [0, 0.05) is 13.2 Å². The molecule has 3 heteroatoms. The average molecular weight is 145 g/mol. The Hall–Kier alpha value is -0.120. The van der Waals surface area contributed by atoms with Gasteiger partial charge in [0.15, 0.2) is 0 Å². The lowest BCUT2D eigenvalue weighted by Gasteiger charge is -2.29. The van der Waals surface area contributed by atoms with Crippen LogP contribution in [0.1, 0.15) is 13.8 Å². The molecule has 10 heavy (non-hydrogen) atoms. The Morgan fingerprint density at radius 3 is 3.10 bits per heavy atom. The summed E-state index contributed by atoms with van der Waals surface area (Å²) in [5.74, 6) is 0. The quantitative estimate of drug-likeness (QED) is 0.608. The van der Waals surface area contributed by atoms with Gasteiger partial charge in [-0.2, -0.15) is 0 Å². The summed E-state index contributed by atoms with van der Waals surface area (Å²) in [6, 6.07) is 0.